The molecule has 0 spiro atoms. The van der Waals surface area contributed by atoms with Crippen LogP contribution in [0.25, 0.3) is 0 Å². The second-order valence-electron chi connectivity index (χ2n) is 3.16. The summed E-state index contributed by atoms with van der Waals surface area (Å²) in [4.78, 5) is 25.8. The molecule has 1 N–H and O–H groups in total. The van der Waals surface area contributed by atoms with Gasteiger partial charge in [-0.3, -0.25) is 14.9 Å². The first-order chi connectivity index (χ1) is 6.27. The second kappa shape index (κ2) is 3.16. The normalized spacial score (nSPS) is 28.0. The summed E-state index contributed by atoms with van der Waals surface area (Å²) in [5, 5.41) is 6.64. The molecule has 2 rings (SSSR count). The summed E-state index contributed by atoms with van der Waals surface area (Å²) in [6, 6.07) is 0. The van der Waals surface area contributed by atoms with E-state index >= 15 is 0 Å². The maximum absolute atomic E-state index is 11.3. The van der Waals surface area contributed by atoms with Crippen LogP contribution < -0.4 is 10.6 Å². The van der Waals surface area contributed by atoms with E-state index in [1.165, 1.54) is 0 Å². The number of piperidine rings is 1. The highest BCUT2D eigenvalue weighted by Crippen LogP contribution is 2.14. The van der Waals surface area contributed by atoms with Crippen molar-refractivity contribution in [3.63, 3.8) is 0 Å². The molecule has 0 aromatic rings. The molecule has 1 unspecified atom stereocenters. The van der Waals surface area contributed by atoms with Crippen LogP contribution >= 0.6 is 0 Å². The van der Waals surface area contributed by atoms with Crippen molar-refractivity contribution >= 4 is 17.6 Å². The minimum atomic E-state index is -0.291. The van der Waals surface area contributed by atoms with Gasteiger partial charge in [-0.25, -0.2) is 0 Å². The van der Waals surface area contributed by atoms with Gasteiger partial charge in [0.2, 0.25) is 0 Å². The van der Waals surface area contributed by atoms with E-state index in [0.29, 0.717) is 12.4 Å². The number of carbonyl (C=O) groups is 2. The van der Waals surface area contributed by atoms with Crippen molar-refractivity contribution in [3.05, 3.63) is 0 Å². The smallest absolute Gasteiger partial charge is 0.266 e. The molecule has 1 fully saturated rings. The van der Waals surface area contributed by atoms with Crippen molar-refractivity contribution < 1.29 is 9.59 Å². The number of amidine groups is 1. The third-order valence-electron chi connectivity index (χ3n) is 2.21. The minimum absolute atomic E-state index is 0.146. The molecule has 2 aliphatic heterocycles. The van der Waals surface area contributed by atoms with Crippen LogP contribution in [0.3, 0.4) is 0 Å². The third-order valence-corrected chi connectivity index (χ3v) is 2.21. The zero-order valence-corrected chi connectivity index (χ0v) is 7.12. The van der Waals surface area contributed by atoms with Gasteiger partial charge in [0.25, 0.3) is 11.8 Å². The summed E-state index contributed by atoms with van der Waals surface area (Å²) < 4.78 is 0. The Kier molecular flexibility index (Phi) is 2.00. The van der Waals surface area contributed by atoms with Gasteiger partial charge in [0.05, 0.1) is 12.5 Å². The Balaban J connectivity index is 2.11. The number of rotatable bonds is 1. The van der Waals surface area contributed by atoms with E-state index in [-0.39, 0.29) is 24.3 Å². The third kappa shape index (κ3) is 1.54. The van der Waals surface area contributed by atoms with Crippen LogP contribution in [0.2, 0.25) is 0 Å². The van der Waals surface area contributed by atoms with Gasteiger partial charge >= 0.3 is 0 Å². The van der Waals surface area contributed by atoms with Crippen molar-refractivity contribution in [2.24, 2.45) is 10.9 Å². The Morgan fingerprint density at radius 1 is 1.38 bits per heavy atom. The molecule has 0 aromatic carbocycles. The lowest BCUT2D eigenvalue weighted by atomic mass is 9.97. The van der Waals surface area contributed by atoms with E-state index in [9.17, 15) is 9.59 Å². The predicted molar refractivity (Wildman–Crippen MR) is 45.2 cm³/mol. The van der Waals surface area contributed by atoms with Gasteiger partial charge in [0.1, 0.15) is 5.84 Å². The van der Waals surface area contributed by atoms with Crippen LogP contribution in [0.1, 0.15) is 12.8 Å². The lowest BCUT2D eigenvalue weighted by molar-refractivity contribution is -0.124. The van der Waals surface area contributed by atoms with Gasteiger partial charge in [-0.2, -0.15) is 4.99 Å². The Morgan fingerprint density at radius 2 is 2.23 bits per heavy atom. The fourth-order valence-electron chi connectivity index (χ4n) is 1.55. The number of nitrogens with one attached hydrogen (secondary N) is 1. The van der Waals surface area contributed by atoms with E-state index in [1.807, 2.05) is 0 Å². The highest BCUT2D eigenvalue weighted by Gasteiger charge is 2.31. The summed E-state index contributed by atoms with van der Waals surface area (Å²) in [5.74, 6) is -0.126. The lowest BCUT2D eigenvalue weighted by Gasteiger charge is -2.19. The lowest BCUT2D eigenvalue weighted by Crippen LogP contribution is -2.40. The maximum Gasteiger partial charge on any atom is 0.266 e. The van der Waals surface area contributed by atoms with Crippen LogP contribution in [0, 0.1) is 5.92 Å². The molecular formula is C8H10N3O2. The van der Waals surface area contributed by atoms with Crippen LogP contribution in [0.5, 0.6) is 0 Å². The Morgan fingerprint density at radius 3 is 2.85 bits per heavy atom. The summed E-state index contributed by atoms with van der Waals surface area (Å²) >= 11 is 0. The molecule has 0 saturated carbocycles. The molecule has 0 aliphatic carbocycles. The van der Waals surface area contributed by atoms with Crippen molar-refractivity contribution in [3.8, 4) is 0 Å². The van der Waals surface area contributed by atoms with Crippen LogP contribution in [0.15, 0.2) is 4.99 Å². The zero-order chi connectivity index (χ0) is 9.26. The maximum atomic E-state index is 11.3. The van der Waals surface area contributed by atoms with Crippen molar-refractivity contribution in [2.75, 3.05) is 13.1 Å². The summed E-state index contributed by atoms with van der Waals surface area (Å²) in [7, 11) is 0. The van der Waals surface area contributed by atoms with E-state index in [1.54, 1.807) is 0 Å². The number of hydrogen-bond acceptors (Lipinski definition) is 3. The molecule has 1 atom stereocenters. The van der Waals surface area contributed by atoms with Gasteiger partial charge in [-0.1, -0.05) is 0 Å². The fraction of sp³-hybridized carbons (Fsp3) is 0.625. The quantitative estimate of drug-likeness (QED) is 0.565. The fourth-order valence-corrected chi connectivity index (χ4v) is 1.55. The number of carbonyl (C=O) groups excluding carboxylic acids is 2. The van der Waals surface area contributed by atoms with Crippen molar-refractivity contribution in [1.82, 2.24) is 10.6 Å². The molecule has 1 saturated heterocycles. The van der Waals surface area contributed by atoms with Crippen LogP contribution in [-0.2, 0) is 9.59 Å². The molecule has 2 aliphatic rings. The summed E-state index contributed by atoms with van der Waals surface area (Å²) in [6.07, 6.45) is 1.65. The average Bonchev–Trinajstić information content (AvgIpc) is 2.53. The van der Waals surface area contributed by atoms with E-state index in [4.69, 9.17) is 0 Å². The second-order valence-corrected chi connectivity index (χ2v) is 3.16. The van der Waals surface area contributed by atoms with Gasteiger partial charge < -0.3 is 5.32 Å². The van der Waals surface area contributed by atoms with Gasteiger partial charge in [-0.15, -0.1) is 0 Å². The van der Waals surface area contributed by atoms with Crippen molar-refractivity contribution in [1.29, 1.82) is 0 Å². The van der Waals surface area contributed by atoms with E-state index in [2.05, 4.69) is 15.6 Å². The minimum Gasteiger partial charge on any atom is -0.364 e. The number of hydrogen-bond donors (Lipinski definition) is 1. The molecule has 13 heavy (non-hydrogen) atoms. The first-order valence-corrected chi connectivity index (χ1v) is 4.34. The molecule has 0 bridgehead atoms. The molecule has 5 nitrogen and oxygen atoms in total. The molecular weight excluding hydrogens is 170 g/mol. The molecule has 69 valence electrons. The van der Waals surface area contributed by atoms with E-state index < -0.39 is 0 Å². The van der Waals surface area contributed by atoms with Crippen LogP contribution in [-0.4, -0.2) is 30.7 Å². The molecule has 0 aromatic heterocycles. The summed E-state index contributed by atoms with van der Waals surface area (Å²) in [6.45, 7) is 0.829. The first kappa shape index (κ1) is 8.22. The van der Waals surface area contributed by atoms with Gasteiger partial charge in [0, 0.05) is 6.54 Å². The Hall–Kier alpha value is -1.39. The highest BCUT2D eigenvalue weighted by atomic mass is 16.2. The number of amides is 2. The largest absolute Gasteiger partial charge is 0.364 e. The topological polar surface area (TPSA) is 72.6 Å². The molecule has 1 radical (unpaired) electrons. The van der Waals surface area contributed by atoms with E-state index in [0.717, 1.165) is 12.8 Å². The number of aliphatic imine (C=N–C) groups is 1. The van der Waals surface area contributed by atoms with Gasteiger partial charge in [-0.05, 0) is 12.8 Å². The number of nitrogens with zero attached hydrogens (tertiary/aromatic N) is 2. The monoisotopic (exact) mass is 180 g/mol. The molecule has 5 heteroatoms. The Bertz CT molecular complexity index is 285. The predicted octanol–water partition coefficient (Wildman–Crippen LogP) is -0.944. The molecule has 2 heterocycles. The molecule has 2 amide bonds. The van der Waals surface area contributed by atoms with Crippen molar-refractivity contribution in [2.45, 2.75) is 12.8 Å². The van der Waals surface area contributed by atoms with Crippen LogP contribution in [0.4, 0.5) is 0 Å². The standard InChI is InChI=1S/C8H10N3O2/c12-6-4-10-7(11-6)5-2-1-3-9-8(5)13/h5H,1-4H2,(H,10,11,12). The average molecular weight is 180 g/mol. The first-order valence-electron chi connectivity index (χ1n) is 4.34. The van der Waals surface area contributed by atoms with Gasteiger partial charge in [0.15, 0.2) is 0 Å². The summed E-state index contributed by atoms with van der Waals surface area (Å²) in [5.41, 5.74) is 0. The SMILES string of the molecule is O=C1CNC(C2CCC[N]C2=O)=N1. The Labute approximate surface area is 75.6 Å². The zero-order valence-electron chi connectivity index (χ0n) is 7.12. The highest BCUT2D eigenvalue weighted by molar-refractivity contribution is 6.11.